The van der Waals surface area contributed by atoms with Crippen molar-refractivity contribution >= 4 is 17.5 Å². The Bertz CT molecular complexity index is 750. The van der Waals surface area contributed by atoms with E-state index in [1.807, 2.05) is 12.1 Å². The van der Waals surface area contributed by atoms with Crippen LogP contribution in [-0.4, -0.2) is 11.1 Å². The van der Waals surface area contributed by atoms with Crippen molar-refractivity contribution in [2.24, 2.45) is 0 Å². The van der Waals surface area contributed by atoms with Crippen LogP contribution in [0.25, 0.3) is 11.3 Å². The summed E-state index contributed by atoms with van der Waals surface area (Å²) < 4.78 is 10.1. The van der Waals surface area contributed by atoms with Crippen LogP contribution in [0.1, 0.15) is 16.1 Å². The number of nitrogens with zero attached hydrogens (tertiary/aromatic N) is 1. The molecule has 0 aliphatic carbocycles. The Balaban J connectivity index is 1.82. The molecule has 0 atom stereocenters. The highest BCUT2D eigenvalue weighted by atomic mass is 35.5. The molecule has 0 aliphatic rings. The Labute approximate surface area is 125 Å². The van der Waals surface area contributed by atoms with Gasteiger partial charge in [-0.05, 0) is 18.2 Å². The van der Waals surface area contributed by atoms with Crippen molar-refractivity contribution in [2.75, 3.05) is 0 Å². The molecule has 2 aromatic heterocycles. The van der Waals surface area contributed by atoms with Crippen LogP contribution in [0.3, 0.4) is 0 Å². The lowest BCUT2D eigenvalue weighted by Gasteiger charge is -2.04. The number of carbonyl (C=O) groups is 1. The summed E-state index contributed by atoms with van der Waals surface area (Å²) in [4.78, 5) is 12.2. The van der Waals surface area contributed by atoms with Crippen molar-refractivity contribution in [3.8, 4) is 11.3 Å². The van der Waals surface area contributed by atoms with E-state index in [1.165, 1.54) is 6.26 Å². The highest BCUT2D eigenvalue weighted by Crippen LogP contribution is 2.29. The first-order chi connectivity index (χ1) is 10.3. The van der Waals surface area contributed by atoms with Gasteiger partial charge >= 0.3 is 0 Å². The normalized spacial score (nSPS) is 10.5. The summed E-state index contributed by atoms with van der Waals surface area (Å²) in [5, 5.41) is 7.12. The monoisotopic (exact) mass is 302 g/mol. The zero-order valence-electron chi connectivity index (χ0n) is 10.9. The van der Waals surface area contributed by atoms with Gasteiger partial charge in [-0.3, -0.25) is 4.79 Å². The van der Waals surface area contributed by atoms with Gasteiger partial charge in [0.05, 0.1) is 17.8 Å². The van der Waals surface area contributed by atoms with E-state index in [0.29, 0.717) is 34.1 Å². The van der Waals surface area contributed by atoms with Crippen molar-refractivity contribution in [1.29, 1.82) is 0 Å². The van der Waals surface area contributed by atoms with Crippen LogP contribution in [0, 0.1) is 0 Å². The van der Waals surface area contributed by atoms with E-state index in [1.54, 1.807) is 30.5 Å². The summed E-state index contributed by atoms with van der Waals surface area (Å²) in [6, 6.07) is 10.7. The molecular weight excluding hydrogens is 292 g/mol. The number of furan rings is 1. The SMILES string of the molecule is O=C(NCc1ccco1)c1conc1-c1ccccc1Cl. The molecule has 0 saturated heterocycles. The molecule has 5 nitrogen and oxygen atoms in total. The van der Waals surface area contributed by atoms with Gasteiger partial charge in [0, 0.05) is 5.56 Å². The molecule has 0 fully saturated rings. The zero-order chi connectivity index (χ0) is 14.7. The number of halogens is 1. The van der Waals surface area contributed by atoms with Crippen LogP contribution in [0.2, 0.25) is 5.02 Å². The summed E-state index contributed by atoms with van der Waals surface area (Å²) in [7, 11) is 0. The minimum Gasteiger partial charge on any atom is -0.467 e. The fourth-order valence-corrected chi connectivity index (χ4v) is 2.15. The molecule has 0 aliphatic heterocycles. The predicted octanol–water partition coefficient (Wildman–Crippen LogP) is 3.52. The van der Waals surface area contributed by atoms with E-state index in [-0.39, 0.29) is 5.91 Å². The molecule has 0 radical (unpaired) electrons. The number of nitrogens with one attached hydrogen (secondary N) is 1. The van der Waals surface area contributed by atoms with Crippen LogP contribution in [0.4, 0.5) is 0 Å². The van der Waals surface area contributed by atoms with Crippen LogP contribution in [-0.2, 0) is 6.54 Å². The second-order valence-corrected chi connectivity index (χ2v) is 4.73. The van der Waals surface area contributed by atoms with E-state index >= 15 is 0 Å². The molecule has 21 heavy (non-hydrogen) atoms. The highest BCUT2D eigenvalue weighted by molar-refractivity contribution is 6.33. The fraction of sp³-hybridized carbons (Fsp3) is 0.0667. The summed E-state index contributed by atoms with van der Waals surface area (Å²) in [5.74, 6) is 0.363. The number of amides is 1. The summed E-state index contributed by atoms with van der Waals surface area (Å²) >= 11 is 6.12. The molecule has 3 rings (SSSR count). The van der Waals surface area contributed by atoms with Crippen LogP contribution < -0.4 is 5.32 Å². The zero-order valence-corrected chi connectivity index (χ0v) is 11.6. The third-order valence-electron chi connectivity index (χ3n) is 2.95. The average molecular weight is 303 g/mol. The highest BCUT2D eigenvalue weighted by Gasteiger charge is 2.19. The Hall–Kier alpha value is -2.53. The van der Waals surface area contributed by atoms with E-state index in [2.05, 4.69) is 10.5 Å². The second kappa shape index (κ2) is 5.85. The Morgan fingerprint density at radius 1 is 1.24 bits per heavy atom. The molecular formula is C15H11ClN2O3. The molecule has 2 heterocycles. The van der Waals surface area contributed by atoms with Crippen molar-refractivity contribution in [1.82, 2.24) is 10.5 Å². The number of aromatic nitrogens is 1. The number of benzene rings is 1. The number of rotatable bonds is 4. The van der Waals surface area contributed by atoms with Crippen molar-refractivity contribution < 1.29 is 13.7 Å². The minimum absolute atomic E-state index is 0.291. The van der Waals surface area contributed by atoms with Crippen molar-refractivity contribution in [3.63, 3.8) is 0 Å². The van der Waals surface area contributed by atoms with Gasteiger partial charge in [-0.2, -0.15) is 0 Å². The van der Waals surface area contributed by atoms with Crippen molar-refractivity contribution in [2.45, 2.75) is 6.54 Å². The molecule has 1 aromatic carbocycles. The molecule has 0 saturated carbocycles. The van der Waals surface area contributed by atoms with E-state index in [0.717, 1.165) is 0 Å². The lowest BCUT2D eigenvalue weighted by molar-refractivity contribution is 0.0948. The molecule has 106 valence electrons. The van der Waals surface area contributed by atoms with E-state index in [9.17, 15) is 4.79 Å². The number of hydrogen-bond donors (Lipinski definition) is 1. The smallest absolute Gasteiger partial charge is 0.257 e. The maximum Gasteiger partial charge on any atom is 0.257 e. The minimum atomic E-state index is -0.303. The van der Waals surface area contributed by atoms with Crippen LogP contribution in [0.15, 0.2) is 57.9 Å². The first kappa shape index (κ1) is 13.5. The van der Waals surface area contributed by atoms with Crippen LogP contribution in [0.5, 0.6) is 0 Å². The average Bonchev–Trinajstić information content (AvgIpc) is 3.16. The molecule has 1 amide bonds. The van der Waals surface area contributed by atoms with Gasteiger partial charge in [0.2, 0.25) is 0 Å². The van der Waals surface area contributed by atoms with Gasteiger partial charge in [-0.1, -0.05) is 35.0 Å². The number of hydrogen-bond acceptors (Lipinski definition) is 4. The molecule has 1 N–H and O–H groups in total. The largest absolute Gasteiger partial charge is 0.467 e. The summed E-state index contributed by atoms with van der Waals surface area (Å²) in [5.41, 5.74) is 1.39. The van der Waals surface area contributed by atoms with Gasteiger partial charge in [0.25, 0.3) is 5.91 Å². The molecule has 0 spiro atoms. The van der Waals surface area contributed by atoms with Gasteiger partial charge < -0.3 is 14.3 Å². The lowest BCUT2D eigenvalue weighted by atomic mass is 10.1. The molecule has 0 unspecified atom stereocenters. The Morgan fingerprint density at radius 2 is 2.10 bits per heavy atom. The quantitative estimate of drug-likeness (QED) is 0.800. The topological polar surface area (TPSA) is 68.3 Å². The maximum atomic E-state index is 12.2. The molecule has 0 bridgehead atoms. The molecule has 6 heteroatoms. The first-order valence-corrected chi connectivity index (χ1v) is 6.63. The second-order valence-electron chi connectivity index (χ2n) is 4.32. The maximum absolute atomic E-state index is 12.2. The number of carbonyl (C=O) groups excluding carboxylic acids is 1. The third kappa shape index (κ3) is 2.83. The first-order valence-electron chi connectivity index (χ1n) is 6.25. The van der Waals surface area contributed by atoms with E-state index in [4.69, 9.17) is 20.5 Å². The predicted molar refractivity (Wildman–Crippen MR) is 76.8 cm³/mol. The third-order valence-corrected chi connectivity index (χ3v) is 3.28. The van der Waals surface area contributed by atoms with Gasteiger partial charge in [-0.25, -0.2) is 0 Å². The van der Waals surface area contributed by atoms with E-state index < -0.39 is 0 Å². The van der Waals surface area contributed by atoms with Crippen molar-refractivity contribution in [3.05, 3.63) is 65.3 Å². The standard InChI is InChI=1S/C15H11ClN2O3/c16-13-6-2-1-5-11(13)14-12(9-21-18-14)15(19)17-8-10-4-3-7-20-10/h1-7,9H,8H2,(H,17,19). The molecule has 3 aromatic rings. The van der Waals surface area contributed by atoms with Crippen LogP contribution >= 0.6 is 11.6 Å². The summed E-state index contributed by atoms with van der Waals surface area (Å²) in [6.45, 7) is 0.291. The van der Waals surface area contributed by atoms with Gasteiger partial charge in [0.15, 0.2) is 0 Å². The van der Waals surface area contributed by atoms with Gasteiger partial charge in [0.1, 0.15) is 23.3 Å². The Morgan fingerprint density at radius 3 is 2.86 bits per heavy atom. The van der Waals surface area contributed by atoms with Gasteiger partial charge in [-0.15, -0.1) is 0 Å². The lowest BCUT2D eigenvalue weighted by Crippen LogP contribution is -2.22. The summed E-state index contributed by atoms with van der Waals surface area (Å²) in [6.07, 6.45) is 2.85. The Kier molecular flexibility index (Phi) is 3.75. The fourth-order valence-electron chi connectivity index (χ4n) is 1.92.